The van der Waals surface area contributed by atoms with E-state index in [2.05, 4.69) is 11.5 Å². The van der Waals surface area contributed by atoms with E-state index in [1.807, 2.05) is 71.2 Å². The molecule has 4 aliphatic heterocycles. The van der Waals surface area contributed by atoms with Crippen LogP contribution in [0.25, 0.3) is 10.9 Å². The summed E-state index contributed by atoms with van der Waals surface area (Å²) < 4.78 is 1.98. The van der Waals surface area contributed by atoms with Gasteiger partial charge < -0.3 is 29.3 Å². The van der Waals surface area contributed by atoms with E-state index >= 15 is 0 Å². The lowest BCUT2D eigenvalue weighted by Gasteiger charge is -2.55. The lowest BCUT2D eigenvalue weighted by Crippen LogP contribution is -2.75. The van der Waals surface area contributed by atoms with Crippen LogP contribution in [-0.2, 0) is 40.8 Å². The standard InChI is InChI=1S/C44H51N7O5/c1-3-21-49-30-41(54)50-38(26-32-13-16-35(52)17-14-32)44(56)48(29-39(50)51(49)40(53)18-15-31-9-5-4-6-10-31)27-33-11-7-12-36-37(28-45(2)42(33)36)43(55)47-24-19-34(20-25-47)46-22-8-23-46/h3-7,9-14,16-17,28,34,38-39,52H,1,8,15,18-27,29-30H2,2H3/t38-,39-/m0/s1. The zero-order valence-electron chi connectivity index (χ0n) is 32.1. The Morgan fingerprint density at radius 3 is 2.36 bits per heavy atom. The first-order valence-electron chi connectivity index (χ1n) is 19.9. The molecule has 4 aromatic rings. The molecule has 0 radical (unpaired) electrons. The number of hydrogen-bond donors (Lipinski definition) is 1. The molecule has 292 valence electrons. The number of aromatic hydroxyl groups is 1. The van der Waals surface area contributed by atoms with E-state index < -0.39 is 12.2 Å². The summed E-state index contributed by atoms with van der Waals surface area (Å²) in [6.07, 6.45) is 7.05. The minimum atomic E-state index is -0.884. The van der Waals surface area contributed by atoms with Crippen molar-refractivity contribution in [3.8, 4) is 5.75 Å². The number of benzene rings is 3. The second kappa shape index (κ2) is 16.0. The van der Waals surface area contributed by atoms with E-state index in [9.17, 15) is 24.3 Å². The second-order valence-corrected chi connectivity index (χ2v) is 15.6. The zero-order valence-corrected chi connectivity index (χ0v) is 32.1. The maximum atomic E-state index is 14.7. The average molecular weight is 758 g/mol. The molecule has 3 aromatic carbocycles. The Bertz CT molecular complexity index is 2100. The third kappa shape index (κ3) is 7.31. The molecule has 2 atom stereocenters. The van der Waals surface area contributed by atoms with Crippen molar-refractivity contribution in [3.63, 3.8) is 0 Å². The Morgan fingerprint density at radius 2 is 1.66 bits per heavy atom. The second-order valence-electron chi connectivity index (χ2n) is 15.6. The van der Waals surface area contributed by atoms with Crippen molar-refractivity contribution < 1.29 is 24.3 Å². The number of phenols is 1. The van der Waals surface area contributed by atoms with E-state index in [0.29, 0.717) is 24.6 Å². The normalized spacial score (nSPS) is 21.0. The van der Waals surface area contributed by atoms with Gasteiger partial charge in [0.05, 0.1) is 24.2 Å². The first-order valence-corrected chi connectivity index (χ1v) is 19.9. The summed E-state index contributed by atoms with van der Waals surface area (Å²) in [5.74, 6) is -0.456. The highest BCUT2D eigenvalue weighted by atomic mass is 16.3. The monoisotopic (exact) mass is 757 g/mol. The number of rotatable bonds is 11. The van der Waals surface area contributed by atoms with Gasteiger partial charge in [0, 0.05) is 63.7 Å². The van der Waals surface area contributed by atoms with Crippen LogP contribution < -0.4 is 0 Å². The van der Waals surface area contributed by atoms with Gasteiger partial charge in [-0.15, -0.1) is 6.58 Å². The maximum absolute atomic E-state index is 14.7. The molecule has 0 saturated carbocycles. The summed E-state index contributed by atoms with van der Waals surface area (Å²) in [7, 11) is 1.94. The molecule has 4 fully saturated rings. The molecule has 12 nitrogen and oxygen atoms in total. The van der Waals surface area contributed by atoms with E-state index in [-0.39, 0.29) is 61.9 Å². The Morgan fingerprint density at radius 1 is 0.911 bits per heavy atom. The molecule has 0 bridgehead atoms. The largest absolute Gasteiger partial charge is 0.508 e. The zero-order chi connectivity index (χ0) is 38.9. The van der Waals surface area contributed by atoms with Crippen LogP contribution in [0.5, 0.6) is 5.75 Å². The van der Waals surface area contributed by atoms with Gasteiger partial charge in [-0.1, -0.05) is 66.7 Å². The van der Waals surface area contributed by atoms with Crippen LogP contribution in [-0.4, -0.2) is 127 Å². The van der Waals surface area contributed by atoms with Gasteiger partial charge in [0.1, 0.15) is 18.0 Å². The van der Waals surface area contributed by atoms with Crippen molar-refractivity contribution in [2.24, 2.45) is 7.05 Å². The van der Waals surface area contributed by atoms with E-state index in [1.165, 1.54) is 6.42 Å². The quantitative estimate of drug-likeness (QED) is 0.229. The van der Waals surface area contributed by atoms with Gasteiger partial charge in [0.15, 0.2) is 0 Å². The lowest BCUT2D eigenvalue weighted by atomic mass is 9.97. The van der Waals surface area contributed by atoms with Crippen LogP contribution in [0, 0.1) is 0 Å². The predicted molar refractivity (Wildman–Crippen MR) is 213 cm³/mol. The number of carbonyl (C=O) groups excluding carboxylic acids is 4. The third-order valence-electron chi connectivity index (χ3n) is 12.1. The number of hydrogen-bond acceptors (Lipinski definition) is 7. The van der Waals surface area contributed by atoms with Crippen LogP contribution in [0.2, 0.25) is 0 Å². The number of aromatic nitrogens is 1. The minimum Gasteiger partial charge on any atom is -0.508 e. The summed E-state index contributed by atoms with van der Waals surface area (Å²) in [6, 6.07) is 22.1. The Balaban J connectivity index is 1.10. The van der Waals surface area contributed by atoms with Crippen LogP contribution in [0.1, 0.15) is 52.7 Å². The number of hydrazine groups is 1. The fourth-order valence-electron chi connectivity index (χ4n) is 9.14. The van der Waals surface area contributed by atoms with Crippen molar-refractivity contribution >= 4 is 34.5 Å². The molecule has 0 spiro atoms. The topological polar surface area (TPSA) is 113 Å². The highest BCUT2D eigenvalue weighted by molar-refractivity contribution is 6.07. The molecule has 4 saturated heterocycles. The molecule has 1 aromatic heterocycles. The number of aryl methyl sites for hydroxylation is 2. The molecule has 5 heterocycles. The van der Waals surface area contributed by atoms with Crippen molar-refractivity contribution in [3.05, 3.63) is 114 Å². The third-order valence-corrected chi connectivity index (χ3v) is 12.1. The van der Waals surface area contributed by atoms with Gasteiger partial charge >= 0.3 is 0 Å². The molecule has 4 amide bonds. The van der Waals surface area contributed by atoms with Gasteiger partial charge in [0.25, 0.3) is 5.91 Å². The molecule has 0 unspecified atom stereocenters. The van der Waals surface area contributed by atoms with E-state index in [1.54, 1.807) is 50.2 Å². The van der Waals surface area contributed by atoms with E-state index in [4.69, 9.17) is 0 Å². The summed E-state index contributed by atoms with van der Waals surface area (Å²) in [6.45, 7) is 8.26. The number of piperidine rings is 1. The molecule has 8 rings (SSSR count). The van der Waals surface area contributed by atoms with Crippen molar-refractivity contribution in [1.29, 1.82) is 0 Å². The smallest absolute Gasteiger partial charge is 0.256 e. The Labute approximate surface area is 328 Å². The van der Waals surface area contributed by atoms with Gasteiger partial charge in [-0.2, -0.15) is 0 Å². The van der Waals surface area contributed by atoms with Crippen molar-refractivity contribution in [1.82, 2.24) is 34.2 Å². The molecule has 4 aliphatic rings. The number of phenolic OH excluding ortho intramolecular Hbond substituents is 1. The fraction of sp³-hybridized carbons (Fsp3) is 0.409. The van der Waals surface area contributed by atoms with Crippen LogP contribution in [0.4, 0.5) is 0 Å². The number of amides is 4. The first kappa shape index (κ1) is 37.5. The van der Waals surface area contributed by atoms with Crippen LogP contribution in [0.15, 0.2) is 91.6 Å². The fourth-order valence-corrected chi connectivity index (χ4v) is 9.14. The molecular weight excluding hydrogens is 707 g/mol. The summed E-state index contributed by atoms with van der Waals surface area (Å²) in [5.41, 5.74) is 4.22. The number of piperazine rings is 1. The maximum Gasteiger partial charge on any atom is 0.256 e. The SMILES string of the molecule is C=CCN1CC(=O)N2[C@@H](Cc3ccc(O)cc3)C(=O)N(Cc3cccc4c(C(=O)N5CCC(N6CCC6)CC5)cn(C)c34)C[C@@H]2N1C(=O)CCc1ccccc1. The summed E-state index contributed by atoms with van der Waals surface area (Å²) >= 11 is 0. The average Bonchev–Trinajstić information content (AvgIpc) is 3.53. The Hall–Kier alpha value is -5.46. The lowest BCUT2D eigenvalue weighted by molar-refractivity contribution is -0.205. The number of nitrogens with zero attached hydrogens (tertiary/aromatic N) is 7. The number of likely N-dealkylation sites (tertiary alicyclic amines) is 2. The summed E-state index contributed by atoms with van der Waals surface area (Å²) in [5, 5.41) is 14.3. The molecule has 1 N–H and O–H groups in total. The first-order chi connectivity index (χ1) is 27.2. The molecule has 56 heavy (non-hydrogen) atoms. The summed E-state index contributed by atoms with van der Waals surface area (Å²) in [4.78, 5) is 65.0. The van der Waals surface area contributed by atoms with Crippen molar-refractivity contribution in [2.75, 3.05) is 45.8 Å². The highest BCUT2D eigenvalue weighted by Crippen LogP contribution is 2.33. The van der Waals surface area contributed by atoms with Crippen molar-refractivity contribution in [2.45, 2.75) is 63.3 Å². The Kier molecular flexibility index (Phi) is 10.7. The van der Waals surface area contributed by atoms with Crippen LogP contribution in [0.3, 0.4) is 0 Å². The number of fused-ring (bicyclic) bond motifs is 2. The van der Waals surface area contributed by atoms with E-state index in [0.717, 1.165) is 66.6 Å². The van der Waals surface area contributed by atoms with Gasteiger partial charge in [-0.25, -0.2) is 10.0 Å². The number of carbonyl (C=O) groups is 4. The molecule has 0 aliphatic carbocycles. The molecule has 12 heteroatoms. The number of para-hydroxylation sites is 1. The van der Waals surface area contributed by atoms with Gasteiger partial charge in [-0.3, -0.25) is 19.2 Å². The predicted octanol–water partition coefficient (Wildman–Crippen LogP) is 4.18. The molecular formula is C44H51N7O5. The highest BCUT2D eigenvalue weighted by Gasteiger charge is 2.51. The van der Waals surface area contributed by atoms with Crippen LogP contribution >= 0.6 is 0 Å². The van der Waals surface area contributed by atoms with Gasteiger partial charge in [0.2, 0.25) is 17.7 Å². The minimum absolute atomic E-state index is 0.0288. The van der Waals surface area contributed by atoms with Gasteiger partial charge in [-0.05, 0) is 67.6 Å².